The highest BCUT2D eigenvalue weighted by atomic mass is 16.6. The molecule has 0 aliphatic heterocycles. The summed E-state index contributed by atoms with van der Waals surface area (Å²) in [6.07, 6.45) is 2.73. The van der Waals surface area contributed by atoms with Crippen LogP contribution >= 0.6 is 0 Å². The largest absolute Gasteiger partial charge is 0.456 e. The molecule has 3 nitrogen and oxygen atoms in total. The van der Waals surface area contributed by atoms with Crippen molar-refractivity contribution in [1.29, 1.82) is 0 Å². The van der Waals surface area contributed by atoms with E-state index in [9.17, 15) is 4.79 Å². The van der Waals surface area contributed by atoms with E-state index in [2.05, 4.69) is 5.32 Å². The predicted molar refractivity (Wildman–Crippen MR) is 76.0 cm³/mol. The predicted octanol–water partition coefficient (Wildman–Crippen LogP) is 3.14. The number of rotatable bonds is 5. The van der Waals surface area contributed by atoms with Crippen molar-refractivity contribution >= 4 is 5.97 Å². The quantitative estimate of drug-likeness (QED) is 0.827. The lowest BCUT2D eigenvalue weighted by Gasteiger charge is -2.19. The highest BCUT2D eigenvalue weighted by Gasteiger charge is 2.20. The number of ether oxygens (including phenoxy) is 1. The zero-order valence-electron chi connectivity index (χ0n) is 12.0. The Hall–Kier alpha value is -1.35. The minimum Gasteiger partial charge on any atom is -0.456 e. The highest BCUT2D eigenvalue weighted by molar-refractivity contribution is 5.89. The SMILES string of the molecule is CC(C)(C)OC(=O)c1ccc(CNCC2CC2)cc1. The van der Waals surface area contributed by atoms with Crippen LogP contribution < -0.4 is 5.32 Å². The van der Waals surface area contributed by atoms with Gasteiger partial charge in [-0.1, -0.05) is 12.1 Å². The standard InChI is InChI=1S/C16H23NO2/c1-16(2,3)19-15(18)14-8-6-13(7-9-14)11-17-10-12-4-5-12/h6-9,12,17H,4-5,10-11H2,1-3H3. The summed E-state index contributed by atoms with van der Waals surface area (Å²) in [4.78, 5) is 11.8. The Labute approximate surface area is 115 Å². The molecule has 1 N–H and O–H groups in total. The molecule has 0 radical (unpaired) electrons. The maximum absolute atomic E-state index is 11.8. The van der Waals surface area contributed by atoms with Gasteiger partial charge in [-0.15, -0.1) is 0 Å². The third kappa shape index (κ3) is 5.03. The maximum atomic E-state index is 11.8. The molecule has 0 aromatic heterocycles. The Morgan fingerprint density at radius 1 is 1.26 bits per heavy atom. The van der Waals surface area contributed by atoms with E-state index >= 15 is 0 Å². The van der Waals surface area contributed by atoms with Crippen LogP contribution in [0.5, 0.6) is 0 Å². The number of hydrogen-bond donors (Lipinski definition) is 1. The number of carbonyl (C=O) groups excluding carboxylic acids is 1. The van der Waals surface area contributed by atoms with Crippen LogP contribution in [0, 0.1) is 5.92 Å². The van der Waals surface area contributed by atoms with E-state index in [0.717, 1.165) is 19.0 Å². The van der Waals surface area contributed by atoms with Crippen LogP contribution in [0.3, 0.4) is 0 Å². The number of benzene rings is 1. The van der Waals surface area contributed by atoms with E-state index in [0.29, 0.717) is 5.56 Å². The van der Waals surface area contributed by atoms with Crippen molar-refractivity contribution in [1.82, 2.24) is 5.32 Å². The number of carbonyl (C=O) groups is 1. The van der Waals surface area contributed by atoms with Gasteiger partial charge in [-0.3, -0.25) is 0 Å². The average Bonchev–Trinajstić information content (AvgIpc) is 3.12. The van der Waals surface area contributed by atoms with E-state index in [1.807, 2.05) is 45.0 Å². The van der Waals surface area contributed by atoms with Crippen LogP contribution in [0.2, 0.25) is 0 Å². The second-order valence-corrected chi connectivity index (χ2v) is 6.27. The van der Waals surface area contributed by atoms with Crippen molar-refractivity contribution in [2.24, 2.45) is 5.92 Å². The van der Waals surface area contributed by atoms with Gasteiger partial charge in [-0.25, -0.2) is 4.79 Å². The number of hydrogen-bond acceptors (Lipinski definition) is 3. The van der Waals surface area contributed by atoms with Crippen molar-refractivity contribution in [3.05, 3.63) is 35.4 Å². The first-order valence-corrected chi connectivity index (χ1v) is 6.97. The topological polar surface area (TPSA) is 38.3 Å². The van der Waals surface area contributed by atoms with Gasteiger partial charge < -0.3 is 10.1 Å². The first-order valence-electron chi connectivity index (χ1n) is 6.97. The van der Waals surface area contributed by atoms with Gasteiger partial charge in [-0.2, -0.15) is 0 Å². The molecule has 1 saturated carbocycles. The summed E-state index contributed by atoms with van der Waals surface area (Å²) in [5, 5.41) is 3.43. The number of nitrogens with one attached hydrogen (secondary N) is 1. The van der Waals surface area contributed by atoms with Crippen molar-refractivity contribution in [3.8, 4) is 0 Å². The highest BCUT2D eigenvalue weighted by Crippen LogP contribution is 2.27. The monoisotopic (exact) mass is 261 g/mol. The molecule has 104 valence electrons. The Morgan fingerprint density at radius 2 is 1.89 bits per heavy atom. The van der Waals surface area contributed by atoms with Gasteiger partial charge in [0.15, 0.2) is 0 Å². The molecule has 1 aliphatic rings. The van der Waals surface area contributed by atoms with Gasteiger partial charge in [0, 0.05) is 6.54 Å². The molecule has 1 fully saturated rings. The van der Waals surface area contributed by atoms with Gasteiger partial charge in [0.1, 0.15) is 5.60 Å². The molecule has 0 unspecified atom stereocenters. The minimum atomic E-state index is -0.443. The molecule has 0 amide bonds. The van der Waals surface area contributed by atoms with Crippen LogP contribution in [-0.2, 0) is 11.3 Å². The fourth-order valence-corrected chi connectivity index (χ4v) is 1.84. The molecular formula is C16H23NO2. The lowest BCUT2D eigenvalue weighted by molar-refractivity contribution is 0.00695. The zero-order chi connectivity index (χ0) is 13.9. The van der Waals surface area contributed by atoms with Crippen LogP contribution in [0.1, 0.15) is 49.5 Å². The molecule has 0 atom stereocenters. The smallest absolute Gasteiger partial charge is 0.338 e. The second-order valence-electron chi connectivity index (χ2n) is 6.27. The van der Waals surface area contributed by atoms with E-state index in [1.54, 1.807) is 0 Å². The average molecular weight is 261 g/mol. The molecule has 1 aromatic carbocycles. The van der Waals surface area contributed by atoms with E-state index in [1.165, 1.54) is 18.4 Å². The zero-order valence-corrected chi connectivity index (χ0v) is 12.0. The van der Waals surface area contributed by atoms with Gasteiger partial charge in [0.05, 0.1) is 5.56 Å². The van der Waals surface area contributed by atoms with E-state index in [-0.39, 0.29) is 5.97 Å². The van der Waals surface area contributed by atoms with Gasteiger partial charge >= 0.3 is 5.97 Å². The van der Waals surface area contributed by atoms with Crippen LogP contribution in [0.15, 0.2) is 24.3 Å². The van der Waals surface area contributed by atoms with Crippen molar-refractivity contribution < 1.29 is 9.53 Å². The summed E-state index contributed by atoms with van der Waals surface area (Å²) < 4.78 is 5.33. The lowest BCUT2D eigenvalue weighted by atomic mass is 10.1. The normalized spacial score (nSPS) is 15.3. The van der Waals surface area contributed by atoms with Gasteiger partial charge in [0.2, 0.25) is 0 Å². The second kappa shape index (κ2) is 5.74. The third-order valence-corrected chi connectivity index (χ3v) is 3.05. The molecule has 0 bridgehead atoms. The van der Waals surface area contributed by atoms with E-state index in [4.69, 9.17) is 4.74 Å². The minimum absolute atomic E-state index is 0.259. The Bertz CT molecular complexity index is 427. The van der Waals surface area contributed by atoms with Gasteiger partial charge in [0.25, 0.3) is 0 Å². The first-order chi connectivity index (χ1) is 8.94. The van der Waals surface area contributed by atoms with Crippen LogP contribution in [-0.4, -0.2) is 18.1 Å². The molecular weight excluding hydrogens is 238 g/mol. The van der Waals surface area contributed by atoms with Crippen LogP contribution in [0.4, 0.5) is 0 Å². The summed E-state index contributed by atoms with van der Waals surface area (Å²) in [5.41, 5.74) is 1.37. The van der Waals surface area contributed by atoms with Crippen LogP contribution in [0.25, 0.3) is 0 Å². The molecule has 0 spiro atoms. The molecule has 19 heavy (non-hydrogen) atoms. The lowest BCUT2D eigenvalue weighted by Crippen LogP contribution is -2.23. The fraction of sp³-hybridized carbons (Fsp3) is 0.562. The summed E-state index contributed by atoms with van der Waals surface area (Å²) in [7, 11) is 0. The van der Waals surface area contributed by atoms with Crippen molar-refractivity contribution in [3.63, 3.8) is 0 Å². The molecule has 1 aliphatic carbocycles. The Morgan fingerprint density at radius 3 is 2.42 bits per heavy atom. The van der Waals surface area contributed by atoms with Crippen molar-refractivity contribution in [2.45, 2.75) is 45.8 Å². The summed E-state index contributed by atoms with van der Waals surface area (Å²) in [6.45, 7) is 7.60. The number of esters is 1. The Balaban J connectivity index is 1.84. The fourth-order valence-electron chi connectivity index (χ4n) is 1.84. The third-order valence-electron chi connectivity index (χ3n) is 3.05. The Kier molecular flexibility index (Phi) is 4.25. The van der Waals surface area contributed by atoms with Gasteiger partial charge in [-0.05, 0) is 63.8 Å². The summed E-state index contributed by atoms with van der Waals surface area (Å²) >= 11 is 0. The summed E-state index contributed by atoms with van der Waals surface area (Å²) in [5.74, 6) is 0.631. The molecule has 1 aromatic rings. The molecule has 2 rings (SSSR count). The van der Waals surface area contributed by atoms with Crippen molar-refractivity contribution in [2.75, 3.05) is 6.54 Å². The maximum Gasteiger partial charge on any atom is 0.338 e. The van der Waals surface area contributed by atoms with E-state index < -0.39 is 5.60 Å². The molecule has 0 heterocycles. The molecule has 0 saturated heterocycles. The molecule has 3 heteroatoms. The first kappa shape index (κ1) is 14.1. The summed E-state index contributed by atoms with van der Waals surface area (Å²) in [6, 6.07) is 7.64.